The molecule has 90 valence electrons. The number of thioether (sulfide) groups is 1. The van der Waals surface area contributed by atoms with Crippen LogP contribution in [-0.4, -0.2) is 22.5 Å². The van der Waals surface area contributed by atoms with Crippen LogP contribution in [0.2, 0.25) is 0 Å². The average Bonchev–Trinajstić information content (AvgIpc) is 2.51. The zero-order valence-corrected chi connectivity index (χ0v) is 11.1. The Bertz CT molecular complexity index is 333. The second-order valence-electron chi connectivity index (χ2n) is 4.59. The predicted molar refractivity (Wildman–Crippen MR) is 67.8 cm³/mol. The monoisotopic (exact) mass is 240 g/mol. The Balaban J connectivity index is 1.79. The van der Waals surface area contributed by atoms with Crippen molar-refractivity contribution in [3.63, 3.8) is 0 Å². The summed E-state index contributed by atoms with van der Waals surface area (Å²) < 4.78 is 6.02. The van der Waals surface area contributed by atoms with E-state index in [1.54, 1.807) is 0 Å². The topological polar surface area (TPSA) is 38.1 Å². The van der Waals surface area contributed by atoms with Crippen LogP contribution < -0.4 is 5.32 Å². The predicted octanol–water partition coefficient (Wildman–Crippen LogP) is 2.67. The van der Waals surface area contributed by atoms with Gasteiger partial charge in [0.1, 0.15) is 5.76 Å². The molecule has 0 aromatic carbocycles. The van der Waals surface area contributed by atoms with Crippen LogP contribution in [0.3, 0.4) is 0 Å². The average molecular weight is 240 g/mol. The first-order valence-electron chi connectivity index (χ1n) is 5.84. The molecule has 4 heteroatoms. The molecule has 1 aliphatic rings. The number of nitrogens with one attached hydrogen (secondary N) is 1. The lowest BCUT2D eigenvalue weighted by atomic mass is 9.84. The summed E-state index contributed by atoms with van der Waals surface area (Å²) in [6.07, 6.45) is 6.26. The Hall–Kier alpha value is -0.480. The van der Waals surface area contributed by atoms with Gasteiger partial charge in [-0.3, -0.25) is 0 Å². The van der Waals surface area contributed by atoms with Crippen LogP contribution in [0.1, 0.15) is 36.6 Å². The summed E-state index contributed by atoms with van der Waals surface area (Å²) in [4.78, 5) is 4.36. The molecule has 0 radical (unpaired) electrons. The van der Waals surface area contributed by atoms with Crippen molar-refractivity contribution in [2.45, 2.75) is 44.4 Å². The van der Waals surface area contributed by atoms with Crippen molar-refractivity contribution in [3.8, 4) is 0 Å². The molecule has 1 saturated carbocycles. The van der Waals surface area contributed by atoms with Crippen molar-refractivity contribution in [2.24, 2.45) is 0 Å². The third-order valence-corrected chi connectivity index (χ3v) is 4.91. The molecule has 1 heterocycles. The van der Waals surface area contributed by atoms with Crippen LogP contribution in [0.4, 0.5) is 0 Å². The molecule has 1 N–H and O–H groups in total. The second-order valence-corrected chi connectivity index (χ2v) is 5.87. The Morgan fingerprint density at radius 3 is 2.62 bits per heavy atom. The zero-order valence-electron chi connectivity index (χ0n) is 10.3. The molecule has 1 aromatic rings. The van der Waals surface area contributed by atoms with E-state index >= 15 is 0 Å². The van der Waals surface area contributed by atoms with Crippen LogP contribution in [0.25, 0.3) is 0 Å². The summed E-state index contributed by atoms with van der Waals surface area (Å²) >= 11 is 1.99. The lowest BCUT2D eigenvalue weighted by molar-refractivity contribution is 0.337. The number of oxazole rings is 1. The van der Waals surface area contributed by atoms with Crippen molar-refractivity contribution in [3.05, 3.63) is 17.3 Å². The van der Waals surface area contributed by atoms with Crippen LogP contribution in [0.5, 0.6) is 0 Å². The molecule has 3 nitrogen and oxygen atoms in total. The number of aryl methyl sites for hydroxylation is 2. The lowest BCUT2D eigenvalue weighted by Gasteiger charge is -2.40. The maximum atomic E-state index is 5.53. The Kier molecular flexibility index (Phi) is 3.60. The lowest BCUT2D eigenvalue weighted by Crippen LogP contribution is -2.43. The van der Waals surface area contributed by atoms with Gasteiger partial charge in [0.2, 0.25) is 5.89 Å². The minimum Gasteiger partial charge on any atom is -0.444 e. The van der Waals surface area contributed by atoms with Crippen LogP contribution in [0.15, 0.2) is 4.42 Å². The highest BCUT2D eigenvalue weighted by molar-refractivity contribution is 8.00. The van der Waals surface area contributed by atoms with E-state index in [1.807, 2.05) is 25.6 Å². The van der Waals surface area contributed by atoms with E-state index in [0.717, 1.165) is 30.4 Å². The molecule has 1 aromatic heterocycles. The SMILES string of the molecule is CSC1(CNCc2nc(C)c(C)o2)CCC1. The minimum absolute atomic E-state index is 0.483. The van der Waals surface area contributed by atoms with Crippen LogP contribution in [-0.2, 0) is 6.54 Å². The second kappa shape index (κ2) is 4.80. The number of aromatic nitrogens is 1. The summed E-state index contributed by atoms with van der Waals surface area (Å²) in [5.41, 5.74) is 1.00. The van der Waals surface area contributed by atoms with Gasteiger partial charge >= 0.3 is 0 Å². The number of nitrogens with zero attached hydrogens (tertiary/aromatic N) is 1. The summed E-state index contributed by atoms with van der Waals surface area (Å²) in [6, 6.07) is 0. The van der Waals surface area contributed by atoms with Gasteiger partial charge in [0, 0.05) is 11.3 Å². The third kappa shape index (κ3) is 2.43. The van der Waals surface area contributed by atoms with Crippen molar-refractivity contribution < 1.29 is 4.42 Å². The Labute approximate surface area is 101 Å². The smallest absolute Gasteiger partial charge is 0.208 e. The maximum absolute atomic E-state index is 5.53. The molecule has 0 unspecified atom stereocenters. The molecule has 0 atom stereocenters. The van der Waals surface area contributed by atoms with Crippen LogP contribution in [0, 0.1) is 13.8 Å². The van der Waals surface area contributed by atoms with E-state index in [9.17, 15) is 0 Å². The van der Waals surface area contributed by atoms with Crippen molar-refractivity contribution in [1.82, 2.24) is 10.3 Å². The number of hydrogen-bond acceptors (Lipinski definition) is 4. The number of hydrogen-bond donors (Lipinski definition) is 1. The van der Waals surface area contributed by atoms with Gasteiger partial charge in [-0.15, -0.1) is 0 Å². The molecular weight excluding hydrogens is 220 g/mol. The van der Waals surface area contributed by atoms with E-state index in [1.165, 1.54) is 19.3 Å². The quantitative estimate of drug-likeness (QED) is 0.858. The highest BCUT2D eigenvalue weighted by Gasteiger charge is 2.35. The third-order valence-electron chi connectivity index (χ3n) is 3.49. The molecule has 2 rings (SSSR count). The van der Waals surface area contributed by atoms with E-state index in [-0.39, 0.29) is 0 Å². The minimum atomic E-state index is 0.483. The van der Waals surface area contributed by atoms with E-state index in [2.05, 4.69) is 16.6 Å². The van der Waals surface area contributed by atoms with Gasteiger partial charge < -0.3 is 9.73 Å². The molecule has 0 saturated heterocycles. The van der Waals surface area contributed by atoms with E-state index in [0.29, 0.717) is 4.75 Å². The van der Waals surface area contributed by atoms with Gasteiger partial charge in [0.05, 0.1) is 12.2 Å². The van der Waals surface area contributed by atoms with Gasteiger partial charge in [-0.25, -0.2) is 4.98 Å². The largest absolute Gasteiger partial charge is 0.444 e. The van der Waals surface area contributed by atoms with Gasteiger partial charge in [-0.05, 0) is 32.9 Å². The summed E-state index contributed by atoms with van der Waals surface area (Å²) in [7, 11) is 0. The molecule has 1 fully saturated rings. The fourth-order valence-electron chi connectivity index (χ4n) is 2.04. The highest BCUT2D eigenvalue weighted by atomic mass is 32.2. The van der Waals surface area contributed by atoms with Crippen molar-refractivity contribution >= 4 is 11.8 Å². The van der Waals surface area contributed by atoms with Gasteiger partial charge in [-0.2, -0.15) is 11.8 Å². The molecular formula is C12H20N2OS. The highest BCUT2D eigenvalue weighted by Crippen LogP contribution is 2.42. The normalized spacial score (nSPS) is 18.4. The number of rotatable bonds is 5. The first-order chi connectivity index (χ1) is 7.65. The maximum Gasteiger partial charge on any atom is 0.208 e. The summed E-state index contributed by atoms with van der Waals surface area (Å²) in [6.45, 7) is 5.75. The zero-order chi connectivity index (χ0) is 11.6. The summed E-state index contributed by atoms with van der Waals surface area (Å²) in [5, 5.41) is 3.46. The standard InChI is InChI=1S/C12H20N2OS/c1-9-10(2)15-11(14-9)7-13-8-12(16-3)5-4-6-12/h13H,4-8H2,1-3H3. The molecule has 0 aliphatic heterocycles. The molecule has 1 aliphatic carbocycles. The van der Waals surface area contributed by atoms with Gasteiger partial charge in [0.15, 0.2) is 0 Å². The molecule has 0 amide bonds. The fraction of sp³-hybridized carbons (Fsp3) is 0.750. The van der Waals surface area contributed by atoms with Gasteiger partial charge in [-0.1, -0.05) is 6.42 Å². The van der Waals surface area contributed by atoms with Crippen molar-refractivity contribution in [1.29, 1.82) is 0 Å². The molecule has 16 heavy (non-hydrogen) atoms. The van der Waals surface area contributed by atoms with E-state index < -0.39 is 0 Å². The Morgan fingerprint density at radius 2 is 2.19 bits per heavy atom. The first kappa shape index (κ1) is 12.0. The molecule has 0 bridgehead atoms. The Morgan fingerprint density at radius 1 is 1.44 bits per heavy atom. The van der Waals surface area contributed by atoms with Gasteiger partial charge in [0.25, 0.3) is 0 Å². The van der Waals surface area contributed by atoms with Crippen molar-refractivity contribution in [2.75, 3.05) is 12.8 Å². The molecule has 0 spiro atoms. The first-order valence-corrected chi connectivity index (χ1v) is 7.06. The fourth-order valence-corrected chi connectivity index (χ4v) is 2.98. The summed E-state index contributed by atoms with van der Waals surface area (Å²) in [5.74, 6) is 1.74. The van der Waals surface area contributed by atoms with Crippen LogP contribution >= 0.6 is 11.8 Å². The van der Waals surface area contributed by atoms with E-state index in [4.69, 9.17) is 4.42 Å².